The summed E-state index contributed by atoms with van der Waals surface area (Å²) < 4.78 is 5.72. The van der Waals surface area contributed by atoms with Gasteiger partial charge < -0.3 is 15.2 Å². The van der Waals surface area contributed by atoms with Gasteiger partial charge in [-0.25, -0.2) is 4.98 Å². The van der Waals surface area contributed by atoms with Gasteiger partial charge in [-0.2, -0.15) is 0 Å². The molecule has 0 aliphatic heterocycles. The summed E-state index contributed by atoms with van der Waals surface area (Å²) in [5, 5.41) is 13.3. The minimum atomic E-state index is -0.592. The summed E-state index contributed by atoms with van der Waals surface area (Å²) in [7, 11) is 0. The van der Waals surface area contributed by atoms with E-state index in [1.54, 1.807) is 18.6 Å². The molecule has 5 nitrogen and oxygen atoms in total. The minimum absolute atomic E-state index is 0.0406. The molecule has 0 fully saturated rings. The van der Waals surface area contributed by atoms with Crippen LogP contribution in [0, 0.1) is 11.8 Å². The topological polar surface area (TPSA) is 67.3 Å². The molecule has 2 rings (SSSR count). The van der Waals surface area contributed by atoms with E-state index in [2.05, 4.69) is 47.9 Å². The van der Waals surface area contributed by atoms with Crippen LogP contribution in [0.5, 0.6) is 5.75 Å². The summed E-state index contributed by atoms with van der Waals surface area (Å²) >= 11 is 0. The Labute approximate surface area is 143 Å². The van der Waals surface area contributed by atoms with E-state index < -0.39 is 6.10 Å². The highest BCUT2D eigenvalue weighted by Crippen LogP contribution is 2.17. The van der Waals surface area contributed by atoms with Crippen LogP contribution >= 0.6 is 0 Å². The monoisotopic (exact) mass is 325 g/mol. The zero-order chi connectivity index (χ0) is 17.4. The average Bonchev–Trinajstić information content (AvgIpc) is 2.57. The lowest BCUT2D eigenvalue weighted by molar-refractivity contribution is 0.0999. The number of aromatic nitrogens is 2. The fourth-order valence-corrected chi connectivity index (χ4v) is 1.86. The molecule has 0 spiro atoms. The van der Waals surface area contributed by atoms with E-state index in [-0.39, 0.29) is 12.1 Å². The highest BCUT2D eigenvalue weighted by molar-refractivity contribution is 5.48. The first-order valence-corrected chi connectivity index (χ1v) is 7.87. The van der Waals surface area contributed by atoms with Gasteiger partial charge in [0.25, 0.3) is 0 Å². The Morgan fingerprint density at radius 1 is 1.21 bits per heavy atom. The Hall–Kier alpha value is -2.42. The summed E-state index contributed by atoms with van der Waals surface area (Å²) in [5.74, 6) is 6.63. The predicted molar refractivity (Wildman–Crippen MR) is 93.7 cm³/mol. The molecule has 2 N–H and O–H groups in total. The van der Waals surface area contributed by atoms with Gasteiger partial charge in [0.1, 0.15) is 24.2 Å². The Morgan fingerprint density at radius 2 is 2.00 bits per heavy atom. The summed E-state index contributed by atoms with van der Waals surface area (Å²) in [4.78, 5) is 8.10. The molecular weight excluding hydrogens is 302 g/mol. The molecule has 0 bridgehead atoms. The van der Waals surface area contributed by atoms with E-state index in [4.69, 9.17) is 4.74 Å². The molecule has 1 heterocycles. The highest BCUT2D eigenvalue weighted by Gasteiger charge is 2.13. The molecule has 1 aromatic heterocycles. The quantitative estimate of drug-likeness (QED) is 0.823. The van der Waals surface area contributed by atoms with Crippen molar-refractivity contribution in [1.29, 1.82) is 0 Å². The van der Waals surface area contributed by atoms with Crippen LogP contribution in [-0.4, -0.2) is 39.9 Å². The van der Waals surface area contributed by atoms with Gasteiger partial charge in [0.15, 0.2) is 0 Å². The van der Waals surface area contributed by atoms with Crippen LogP contribution in [0.4, 0.5) is 0 Å². The van der Waals surface area contributed by atoms with Crippen molar-refractivity contribution < 1.29 is 9.84 Å². The lowest BCUT2D eigenvalue weighted by Crippen LogP contribution is -2.42. The van der Waals surface area contributed by atoms with Crippen LogP contribution in [-0.2, 0) is 0 Å². The third kappa shape index (κ3) is 6.37. The molecule has 0 radical (unpaired) electrons. The smallest absolute Gasteiger partial charge is 0.135 e. The largest absolute Gasteiger partial charge is 0.490 e. The molecule has 1 aromatic carbocycles. The zero-order valence-electron chi connectivity index (χ0n) is 14.3. The van der Waals surface area contributed by atoms with Crippen molar-refractivity contribution in [2.24, 2.45) is 0 Å². The molecular formula is C19H23N3O2. The predicted octanol–water partition coefficient (Wildman–Crippen LogP) is 2.00. The van der Waals surface area contributed by atoms with Crippen molar-refractivity contribution >= 4 is 0 Å². The fourth-order valence-electron chi connectivity index (χ4n) is 1.86. The van der Waals surface area contributed by atoms with Gasteiger partial charge in [0.05, 0.1) is 11.8 Å². The summed E-state index contributed by atoms with van der Waals surface area (Å²) in [6.45, 7) is 6.83. The van der Waals surface area contributed by atoms with Gasteiger partial charge in [-0.1, -0.05) is 18.1 Å². The summed E-state index contributed by atoms with van der Waals surface area (Å²) in [5.41, 5.74) is 1.31. The maximum absolute atomic E-state index is 10.0. The van der Waals surface area contributed by atoms with Gasteiger partial charge >= 0.3 is 0 Å². The number of benzene rings is 1. The Bertz CT molecular complexity index is 700. The van der Waals surface area contributed by atoms with Gasteiger partial charge in [-0.3, -0.25) is 4.98 Å². The van der Waals surface area contributed by atoms with E-state index in [1.807, 2.05) is 24.3 Å². The number of ether oxygens (including phenoxy) is 1. The molecule has 24 heavy (non-hydrogen) atoms. The van der Waals surface area contributed by atoms with Crippen molar-refractivity contribution in [3.8, 4) is 17.6 Å². The van der Waals surface area contributed by atoms with Crippen LogP contribution in [0.1, 0.15) is 32.0 Å². The molecule has 0 saturated carbocycles. The first-order valence-electron chi connectivity index (χ1n) is 7.87. The van der Waals surface area contributed by atoms with Crippen molar-refractivity contribution in [2.45, 2.75) is 32.4 Å². The molecule has 2 aromatic rings. The summed E-state index contributed by atoms with van der Waals surface area (Å²) in [6, 6.07) is 7.48. The zero-order valence-corrected chi connectivity index (χ0v) is 14.3. The number of β-amino-alcohol motifs (C(OH)–C–C–N with tert-alkyl or cyclic N) is 1. The third-order valence-corrected chi connectivity index (χ3v) is 3.07. The number of hydrogen-bond donors (Lipinski definition) is 2. The fraction of sp³-hybridized carbons (Fsp3) is 0.368. The van der Waals surface area contributed by atoms with Gasteiger partial charge in [-0.15, -0.1) is 0 Å². The second kappa shape index (κ2) is 8.44. The standard InChI is InChI=1S/C19H23N3O2/c1-19(2,3)22-13-17(23)14-24-18-7-5-4-6-15(18)8-9-16-12-20-10-11-21-16/h4-7,10-12,17,22-23H,13-14H2,1-3H3. The van der Waals surface area contributed by atoms with Crippen LogP contribution < -0.4 is 10.1 Å². The Balaban J connectivity index is 1.98. The van der Waals surface area contributed by atoms with Gasteiger partial charge in [0, 0.05) is 24.5 Å². The number of rotatable bonds is 5. The van der Waals surface area contributed by atoms with Crippen molar-refractivity contribution in [3.05, 3.63) is 54.1 Å². The Kier molecular flexibility index (Phi) is 6.30. The number of para-hydroxylation sites is 1. The molecule has 5 heteroatoms. The lowest BCUT2D eigenvalue weighted by atomic mass is 10.1. The molecule has 1 atom stereocenters. The number of nitrogens with zero attached hydrogens (tertiary/aromatic N) is 2. The normalized spacial score (nSPS) is 12.2. The maximum atomic E-state index is 10.0. The van der Waals surface area contributed by atoms with Gasteiger partial charge in [-0.05, 0) is 38.8 Å². The van der Waals surface area contributed by atoms with Crippen molar-refractivity contribution in [1.82, 2.24) is 15.3 Å². The first kappa shape index (κ1) is 17.9. The Morgan fingerprint density at radius 3 is 2.71 bits per heavy atom. The van der Waals surface area contributed by atoms with Crippen LogP contribution in [0.2, 0.25) is 0 Å². The van der Waals surface area contributed by atoms with E-state index in [1.165, 1.54) is 0 Å². The van der Waals surface area contributed by atoms with Crippen molar-refractivity contribution in [2.75, 3.05) is 13.2 Å². The average molecular weight is 325 g/mol. The van der Waals surface area contributed by atoms with E-state index in [9.17, 15) is 5.11 Å². The lowest BCUT2D eigenvalue weighted by Gasteiger charge is -2.23. The van der Waals surface area contributed by atoms with E-state index >= 15 is 0 Å². The molecule has 0 amide bonds. The molecule has 0 aliphatic rings. The molecule has 0 saturated heterocycles. The maximum Gasteiger partial charge on any atom is 0.135 e. The number of hydrogen-bond acceptors (Lipinski definition) is 5. The number of aliphatic hydroxyl groups is 1. The van der Waals surface area contributed by atoms with Crippen LogP contribution in [0.25, 0.3) is 0 Å². The first-order chi connectivity index (χ1) is 11.4. The molecule has 1 unspecified atom stereocenters. The number of aliphatic hydroxyl groups excluding tert-OH is 1. The summed E-state index contributed by atoms with van der Waals surface area (Å²) in [6.07, 6.45) is 4.23. The van der Waals surface area contributed by atoms with Crippen LogP contribution in [0.15, 0.2) is 42.9 Å². The molecule has 126 valence electrons. The van der Waals surface area contributed by atoms with E-state index in [0.29, 0.717) is 18.0 Å². The SMILES string of the molecule is CC(C)(C)NCC(O)COc1ccccc1C#Cc1cnccn1. The second-order valence-electron chi connectivity index (χ2n) is 6.43. The van der Waals surface area contributed by atoms with Crippen LogP contribution in [0.3, 0.4) is 0 Å². The highest BCUT2D eigenvalue weighted by atomic mass is 16.5. The molecule has 0 aliphatic carbocycles. The second-order valence-corrected chi connectivity index (χ2v) is 6.43. The third-order valence-electron chi connectivity index (χ3n) is 3.07. The van der Waals surface area contributed by atoms with Gasteiger partial charge in [0.2, 0.25) is 0 Å². The number of nitrogens with one attached hydrogen (secondary N) is 1. The van der Waals surface area contributed by atoms with Crippen molar-refractivity contribution in [3.63, 3.8) is 0 Å². The van der Waals surface area contributed by atoms with E-state index in [0.717, 1.165) is 5.56 Å². The minimum Gasteiger partial charge on any atom is -0.490 e.